The standard InChI is InChI=1S/C11H14FNO4/c1-17-11(16)7-2-6(3-8(12)4-7)10(15)9(14)5-13/h2-4,9-10,14-15H,5,13H2,1H3. The summed E-state index contributed by atoms with van der Waals surface area (Å²) in [5, 5.41) is 19.0. The number of esters is 1. The summed E-state index contributed by atoms with van der Waals surface area (Å²) >= 11 is 0. The molecule has 0 aliphatic heterocycles. The van der Waals surface area contributed by atoms with E-state index in [1.165, 1.54) is 6.07 Å². The molecule has 0 amide bonds. The monoisotopic (exact) mass is 243 g/mol. The fourth-order valence-corrected chi connectivity index (χ4v) is 1.37. The number of methoxy groups -OCH3 is 1. The summed E-state index contributed by atoms with van der Waals surface area (Å²) in [5.41, 5.74) is 5.21. The van der Waals surface area contributed by atoms with Crippen molar-refractivity contribution in [1.82, 2.24) is 0 Å². The van der Waals surface area contributed by atoms with Crippen LogP contribution in [0.1, 0.15) is 22.0 Å². The molecule has 0 saturated heterocycles. The van der Waals surface area contributed by atoms with Gasteiger partial charge in [0.25, 0.3) is 0 Å². The number of halogens is 1. The summed E-state index contributed by atoms with van der Waals surface area (Å²) in [5.74, 6) is -1.42. The molecule has 0 saturated carbocycles. The van der Waals surface area contributed by atoms with Crippen LogP contribution in [-0.2, 0) is 4.74 Å². The highest BCUT2D eigenvalue weighted by Gasteiger charge is 2.19. The molecule has 2 atom stereocenters. The first-order valence-electron chi connectivity index (χ1n) is 4.94. The van der Waals surface area contributed by atoms with Crippen LogP contribution in [0.25, 0.3) is 0 Å². The number of carbonyl (C=O) groups excluding carboxylic acids is 1. The highest BCUT2D eigenvalue weighted by molar-refractivity contribution is 5.89. The summed E-state index contributed by atoms with van der Waals surface area (Å²) in [6.07, 6.45) is -2.57. The molecule has 6 heteroatoms. The van der Waals surface area contributed by atoms with Crippen molar-refractivity contribution < 1.29 is 24.1 Å². The molecule has 1 rings (SSSR count). The lowest BCUT2D eigenvalue weighted by atomic mass is 10.0. The van der Waals surface area contributed by atoms with Crippen molar-refractivity contribution in [3.8, 4) is 0 Å². The van der Waals surface area contributed by atoms with Crippen molar-refractivity contribution in [2.75, 3.05) is 13.7 Å². The van der Waals surface area contributed by atoms with E-state index in [0.29, 0.717) is 0 Å². The zero-order valence-electron chi connectivity index (χ0n) is 9.26. The Morgan fingerprint density at radius 2 is 2.12 bits per heavy atom. The molecule has 94 valence electrons. The number of hydrogen-bond acceptors (Lipinski definition) is 5. The van der Waals surface area contributed by atoms with Crippen LogP contribution in [0.15, 0.2) is 18.2 Å². The Bertz CT molecular complexity index is 410. The Morgan fingerprint density at radius 1 is 1.47 bits per heavy atom. The minimum atomic E-state index is -1.35. The molecule has 17 heavy (non-hydrogen) atoms. The Balaban J connectivity index is 3.09. The fourth-order valence-electron chi connectivity index (χ4n) is 1.37. The van der Waals surface area contributed by atoms with Crippen molar-refractivity contribution in [3.63, 3.8) is 0 Å². The normalized spacial score (nSPS) is 14.2. The van der Waals surface area contributed by atoms with Crippen LogP contribution in [0.2, 0.25) is 0 Å². The highest BCUT2D eigenvalue weighted by atomic mass is 19.1. The number of rotatable bonds is 4. The molecule has 5 nitrogen and oxygen atoms in total. The Hall–Kier alpha value is -1.50. The zero-order valence-corrected chi connectivity index (χ0v) is 9.26. The molecule has 0 radical (unpaired) electrons. The molecular weight excluding hydrogens is 229 g/mol. The van der Waals surface area contributed by atoms with Crippen LogP contribution >= 0.6 is 0 Å². The average Bonchev–Trinajstić information content (AvgIpc) is 2.35. The number of aliphatic hydroxyl groups is 2. The molecule has 0 bridgehead atoms. The third-order valence-electron chi connectivity index (χ3n) is 2.29. The summed E-state index contributed by atoms with van der Waals surface area (Å²) < 4.78 is 17.7. The first kappa shape index (κ1) is 13.6. The maximum Gasteiger partial charge on any atom is 0.337 e. The Labute approximate surface area is 97.6 Å². The van der Waals surface area contributed by atoms with Crippen LogP contribution in [0, 0.1) is 5.82 Å². The third kappa shape index (κ3) is 3.23. The predicted octanol–water partition coefficient (Wildman–Crippen LogP) is -0.0347. The first-order valence-corrected chi connectivity index (χ1v) is 4.94. The molecule has 1 aromatic carbocycles. The molecule has 0 aromatic heterocycles. The molecule has 2 unspecified atom stereocenters. The van der Waals surface area contributed by atoms with Crippen molar-refractivity contribution >= 4 is 5.97 Å². The van der Waals surface area contributed by atoms with E-state index >= 15 is 0 Å². The Morgan fingerprint density at radius 3 is 2.65 bits per heavy atom. The lowest BCUT2D eigenvalue weighted by molar-refractivity contribution is 0.0240. The number of hydrogen-bond donors (Lipinski definition) is 3. The molecule has 0 heterocycles. The third-order valence-corrected chi connectivity index (χ3v) is 2.29. The van der Waals surface area contributed by atoms with Gasteiger partial charge in [-0.2, -0.15) is 0 Å². The molecule has 1 aromatic rings. The summed E-state index contributed by atoms with van der Waals surface area (Å²) in [4.78, 5) is 11.2. The largest absolute Gasteiger partial charge is 0.465 e. The van der Waals surface area contributed by atoms with Gasteiger partial charge in [-0.15, -0.1) is 0 Å². The second-order valence-corrected chi connectivity index (χ2v) is 3.51. The van der Waals surface area contributed by atoms with Gasteiger partial charge >= 0.3 is 5.97 Å². The van der Waals surface area contributed by atoms with Gasteiger partial charge < -0.3 is 20.7 Å². The molecule has 0 spiro atoms. The van der Waals surface area contributed by atoms with Crippen LogP contribution in [-0.4, -0.2) is 35.9 Å². The lowest BCUT2D eigenvalue weighted by Gasteiger charge is -2.17. The topological polar surface area (TPSA) is 92.8 Å². The number of nitrogens with two attached hydrogens (primary N) is 1. The maximum absolute atomic E-state index is 13.2. The maximum atomic E-state index is 13.2. The number of carbonyl (C=O) groups is 1. The predicted molar refractivity (Wildman–Crippen MR) is 57.8 cm³/mol. The smallest absolute Gasteiger partial charge is 0.337 e. The molecule has 4 N–H and O–H groups in total. The van der Waals surface area contributed by atoms with Gasteiger partial charge in [0, 0.05) is 6.54 Å². The van der Waals surface area contributed by atoms with Gasteiger partial charge in [-0.25, -0.2) is 9.18 Å². The van der Waals surface area contributed by atoms with E-state index in [1.54, 1.807) is 0 Å². The van der Waals surface area contributed by atoms with E-state index in [1.807, 2.05) is 0 Å². The Kier molecular flexibility index (Phi) is 4.56. The van der Waals surface area contributed by atoms with Gasteiger partial charge in [-0.05, 0) is 23.8 Å². The number of ether oxygens (including phenoxy) is 1. The van der Waals surface area contributed by atoms with Gasteiger partial charge in [0.1, 0.15) is 11.9 Å². The van der Waals surface area contributed by atoms with Gasteiger partial charge in [-0.3, -0.25) is 0 Å². The van der Waals surface area contributed by atoms with E-state index < -0.39 is 24.0 Å². The molecular formula is C11H14FNO4. The number of aliphatic hydroxyl groups excluding tert-OH is 2. The van der Waals surface area contributed by atoms with Gasteiger partial charge in [0.15, 0.2) is 0 Å². The van der Waals surface area contributed by atoms with Crippen LogP contribution in [0.5, 0.6) is 0 Å². The molecule has 0 aliphatic rings. The zero-order chi connectivity index (χ0) is 13.0. The van der Waals surface area contributed by atoms with Crippen molar-refractivity contribution in [3.05, 3.63) is 35.1 Å². The minimum Gasteiger partial charge on any atom is -0.465 e. The van der Waals surface area contributed by atoms with E-state index in [-0.39, 0.29) is 17.7 Å². The fraction of sp³-hybridized carbons (Fsp3) is 0.364. The number of benzene rings is 1. The van der Waals surface area contributed by atoms with Crippen molar-refractivity contribution in [2.45, 2.75) is 12.2 Å². The van der Waals surface area contributed by atoms with Gasteiger partial charge in [0.05, 0.1) is 18.8 Å². The van der Waals surface area contributed by atoms with Crippen LogP contribution < -0.4 is 5.73 Å². The van der Waals surface area contributed by atoms with Crippen molar-refractivity contribution in [2.24, 2.45) is 5.73 Å². The van der Waals surface area contributed by atoms with Gasteiger partial charge in [-0.1, -0.05) is 0 Å². The van der Waals surface area contributed by atoms with Crippen LogP contribution in [0.4, 0.5) is 4.39 Å². The summed E-state index contributed by atoms with van der Waals surface area (Å²) in [6.45, 7) is -0.175. The van der Waals surface area contributed by atoms with Gasteiger partial charge in [0.2, 0.25) is 0 Å². The van der Waals surface area contributed by atoms with E-state index in [4.69, 9.17) is 5.73 Å². The van der Waals surface area contributed by atoms with Crippen molar-refractivity contribution in [1.29, 1.82) is 0 Å². The molecule has 0 aliphatic carbocycles. The van der Waals surface area contributed by atoms with E-state index in [9.17, 15) is 19.4 Å². The summed E-state index contributed by atoms with van der Waals surface area (Å²) in [7, 11) is 1.16. The summed E-state index contributed by atoms with van der Waals surface area (Å²) in [6, 6.07) is 3.26. The second kappa shape index (κ2) is 5.72. The first-order chi connectivity index (χ1) is 7.99. The molecule has 0 fully saturated rings. The quantitative estimate of drug-likeness (QED) is 0.645. The minimum absolute atomic E-state index is 0.0363. The van der Waals surface area contributed by atoms with E-state index in [0.717, 1.165) is 19.2 Å². The average molecular weight is 243 g/mol. The highest BCUT2D eigenvalue weighted by Crippen LogP contribution is 2.20. The van der Waals surface area contributed by atoms with E-state index in [2.05, 4.69) is 4.74 Å². The lowest BCUT2D eigenvalue weighted by Crippen LogP contribution is -2.27. The second-order valence-electron chi connectivity index (χ2n) is 3.51. The SMILES string of the molecule is COC(=O)c1cc(F)cc(C(O)C(O)CN)c1. The van der Waals surface area contributed by atoms with Crippen LogP contribution in [0.3, 0.4) is 0 Å².